The van der Waals surface area contributed by atoms with Gasteiger partial charge in [0, 0.05) is 30.6 Å². The van der Waals surface area contributed by atoms with Gasteiger partial charge in [0.25, 0.3) is 0 Å². The maximum Gasteiger partial charge on any atom is 0.230 e. The van der Waals surface area contributed by atoms with Gasteiger partial charge < -0.3 is 10.6 Å². The molecule has 1 aliphatic heterocycles. The molecule has 110 valence electrons. The lowest BCUT2D eigenvalue weighted by molar-refractivity contribution is -0.142. The topological polar surface area (TPSA) is 46.3 Å². The number of thioether (sulfide) groups is 1. The molecule has 1 atom stereocenters. The molecule has 1 heterocycles. The van der Waals surface area contributed by atoms with Gasteiger partial charge in [-0.1, -0.05) is 32.6 Å². The van der Waals surface area contributed by atoms with E-state index in [1.807, 2.05) is 11.8 Å². The van der Waals surface area contributed by atoms with E-state index in [1.165, 1.54) is 25.7 Å². The summed E-state index contributed by atoms with van der Waals surface area (Å²) in [5.74, 6) is 1.45. The largest absolute Gasteiger partial charge is 0.340 e. The first-order valence-electron chi connectivity index (χ1n) is 7.83. The quantitative estimate of drug-likeness (QED) is 0.810. The maximum absolute atomic E-state index is 13.0. The van der Waals surface area contributed by atoms with Gasteiger partial charge in [0.1, 0.15) is 0 Å². The van der Waals surface area contributed by atoms with Gasteiger partial charge in [-0.05, 0) is 19.3 Å². The second-order valence-electron chi connectivity index (χ2n) is 6.05. The highest BCUT2D eigenvalue weighted by Gasteiger charge is 2.41. The molecule has 0 aromatic heterocycles. The monoisotopic (exact) mass is 284 g/mol. The predicted octanol–water partition coefficient (Wildman–Crippen LogP) is 2.64. The summed E-state index contributed by atoms with van der Waals surface area (Å²) in [7, 11) is 0. The van der Waals surface area contributed by atoms with Gasteiger partial charge in [-0.25, -0.2) is 0 Å². The molecule has 3 nitrogen and oxygen atoms in total. The van der Waals surface area contributed by atoms with Crippen molar-refractivity contribution in [3.63, 3.8) is 0 Å². The molecule has 2 fully saturated rings. The zero-order valence-electron chi connectivity index (χ0n) is 12.2. The number of amides is 1. The fourth-order valence-corrected chi connectivity index (χ4v) is 4.58. The summed E-state index contributed by atoms with van der Waals surface area (Å²) >= 11 is 2.02. The molecule has 2 aliphatic rings. The van der Waals surface area contributed by atoms with Crippen LogP contribution in [0.3, 0.4) is 0 Å². The van der Waals surface area contributed by atoms with Crippen LogP contribution in [0.15, 0.2) is 0 Å². The first-order valence-corrected chi connectivity index (χ1v) is 8.88. The SMILES string of the molecule is CCC1CN(C(=O)C2(CN)CCCCCC2)CCS1. The number of carbonyl (C=O) groups is 1. The highest BCUT2D eigenvalue weighted by atomic mass is 32.2. The first-order chi connectivity index (χ1) is 9.22. The Hall–Kier alpha value is -0.220. The molecule has 1 amide bonds. The van der Waals surface area contributed by atoms with E-state index in [0.717, 1.165) is 38.1 Å². The van der Waals surface area contributed by atoms with Crippen molar-refractivity contribution in [2.45, 2.75) is 57.1 Å². The Morgan fingerprint density at radius 2 is 2.00 bits per heavy atom. The Morgan fingerprint density at radius 1 is 1.32 bits per heavy atom. The molecule has 1 saturated carbocycles. The average molecular weight is 284 g/mol. The summed E-state index contributed by atoms with van der Waals surface area (Å²) in [4.78, 5) is 15.1. The summed E-state index contributed by atoms with van der Waals surface area (Å²) in [6, 6.07) is 0. The third-order valence-electron chi connectivity index (χ3n) is 4.79. The summed E-state index contributed by atoms with van der Waals surface area (Å²) in [6.07, 6.45) is 8.03. The number of hydrogen-bond donors (Lipinski definition) is 1. The minimum absolute atomic E-state index is 0.239. The van der Waals surface area contributed by atoms with E-state index in [2.05, 4.69) is 11.8 Å². The van der Waals surface area contributed by atoms with Crippen LogP contribution < -0.4 is 5.73 Å². The van der Waals surface area contributed by atoms with E-state index in [9.17, 15) is 4.79 Å². The Kier molecular flexibility index (Phi) is 5.58. The lowest BCUT2D eigenvalue weighted by Crippen LogP contribution is -2.52. The van der Waals surface area contributed by atoms with Crippen LogP contribution in [0.5, 0.6) is 0 Å². The van der Waals surface area contributed by atoms with Crippen molar-refractivity contribution in [2.24, 2.45) is 11.1 Å². The average Bonchev–Trinajstić information content (AvgIpc) is 2.73. The van der Waals surface area contributed by atoms with E-state index >= 15 is 0 Å². The van der Waals surface area contributed by atoms with Crippen LogP contribution in [0.4, 0.5) is 0 Å². The van der Waals surface area contributed by atoms with Crippen LogP contribution in [-0.4, -0.2) is 41.4 Å². The number of nitrogens with zero attached hydrogens (tertiary/aromatic N) is 1. The first kappa shape index (κ1) is 15.2. The molecule has 0 aromatic carbocycles. The number of rotatable bonds is 3. The normalized spacial score (nSPS) is 27.9. The summed E-state index contributed by atoms with van der Waals surface area (Å²) in [6.45, 7) is 4.60. The smallest absolute Gasteiger partial charge is 0.230 e. The van der Waals surface area contributed by atoms with Crippen LogP contribution in [0.25, 0.3) is 0 Å². The van der Waals surface area contributed by atoms with Crippen molar-refractivity contribution >= 4 is 17.7 Å². The summed E-state index contributed by atoms with van der Waals surface area (Å²) in [5, 5.41) is 0.623. The van der Waals surface area contributed by atoms with Gasteiger partial charge in [0.2, 0.25) is 5.91 Å². The van der Waals surface area contributed by atoms with E-state index < -0.39 is 0 Å². The van der Waals surface area contributed by atoms with Gasteiger partial charge in [-0.3, -0.25) is 4.79 Å². The lowest BCUT2D eigenvalue weighted by atomic mass is 9.79. The molecule has 1 aliphatic carbocycles. The van der Waals surface area contributed by atoms with Crippen LogP contribution in [0, 0.1) is 5.41 Å². The van der Waals surface area contributed by atoms with Crippen LogP contribution in [-0.2, 0) is 4.79 Å². The van der Waals surface area contributed by atoms with Crippen molar-refractivity contribution in [3.8, 4) is 0 Å². The van der Waals surface area contributed by atoms with E-state index in [0.29, 0.717) is 17.7 Å². The van der Waals surface area contributed by atoms with Gasteiger partial charge in [-0.15, -0.1) is 0 Å². The summed E-state index contributed by atoms with van der Waals surface area (Å²) < 4.78 is 0. The Morgan fingerprint density at radius 3 is 2.58 bits per heavy atom. The Bertz CT molecular complexity index is 301. The van der Waals surface area contributed by atoms with Crippen molar-refractivity contribution in [1.29, 1.82) is 0 Å². The molecule has 1 unspecified atom stereocenters. The molecule has 4 heteroatoms. The zero-order chi connectivity index (χ0) is 13.7. The van der Waals surface area contributed by atoms with Crippen LogP contribution >= 0.6 is 11.8 Å². The highest BCUT2D eigenvalue weighted by Crippen LogP contribution is 2.37. The highest BCUT2D eigenvalue weighted by molar-refractivity contribution is 8.00. The maximum atomic E-state index is 13.0. The van der Waals surface area contributed by atoms with Gasteiger partial charge in [0.05, 0.1) is 5.41 Å². The fraction of sp³-hybridized carbons (Fsp3) is 0.933. The lowest BCUT2D eigenvalue weighted by Gasteiger charge is -2.39. The van der Waals surface area contributed by atoms with E-state index in [-0.39, 0.29) is 5.41 Å². The van der Waals surface area contributed by atoms with Crippen LogP contribution in [0.2, 0.25) is 0 Å². The molecular formula is C15H28N2OS. The second-order valence-corrected chi connectivity index (χ2v) is 7.46. The fourth-order valence-electron chi connectivity index (χ4n) is 3.40. The number of nitrogens with two attached hydrogens (primary N) is 1. The number of carbonyl (C=O) groups excluding carboxylic acids is 1. The Balaban J connectivity index is 2.06. The predicted molar refractivity (Wildman–Crippen MR) is 82.3 cm³/mol. The standard InChI is InChI=1S/C15H28N2OS/c1-2-13-11-17(9-10-19-13)14(18)15(12-16)7-5-3-4-6-8-15/h13H,2-12,16H2,1H3. The van der Waals surface area contributed by atoms with Crippen molar-refractivity contribution in [3.05, 3.63) is 0 Å². The van der Waals surface area contributed by atoms with Crippen molar-refractivity contribution < 1.29 is 4.79 Å². The van der Waals surface area contributed by atoms with Gasteiger partial charge in [0.15, 0.2) is 0 Å². The van der Waals surface area contributed by atoms with Gasteiger partial charge >= 0.3 is 0 Å². The third-order valence-corrected chi connectivity index (χ3v) is 6.16. The van der Waals surface area contributed by atoms with Crippen molar-refractivity contribution in [1.82, 2.24) is 4.90 Å². The molecule has 1 saturated heterocycles. The van der Waals surface area contributed by atoms with Gasteiger partial charge in [-0.2, -0.15) is 11.8 Å². The molecule has 2 N–H and O–H groups in total. The minimum Gasteiger partial charge on any atom is -0.340 e. The molecular weight excluding hydrogens is 256 g/mol. The van der Waals surface area contributed by atoms with E-state index in [1.54, 1.807) is 0 Å². The third kappa shape index (κ3) is 3.46. The van der Waals surface area contributed by atoms with Crippen LogP contribution in [0.1, 0.15) is 51.9 Å². The zero-order valence-corrected chi connectivity index (χ0v) is 13.0. The molecule has 0 aromatic rings. The molecule has 0 radical (unpaired) electrons. The molecule has 19 heavy (non-hydrogen) atoms. The molecule has 0 spiro atoms. The second kappa shape index (κ2) is 6.98. The molecule has 0 bridgehead atoms. The van der Waals surface area contributed by atoms with Crippen molar-refractivity contribution in [2.75, 3.05) is 25.4 Å². The molecule has 2 rings (SSSR count). The van der Waals surface area contributed by atoms with E-state index in [4.69, 9.17) is 5.73 Å². The Labute approximate surface area is 121 Å². The number of hydrogen-bond acceptors (Lipinski definition) is 3. The minimum atomic E-state index is -0.239. The summed E-state index contributed by atoms with van der Waals surface area (Å²) in [5.41, 5.74) is 5.79.